The first-order chi connectivity index (χ1) is 14.7. The number of hydrogen-bond donors (Lipinski definition) is 0. The summed E-state index contributed by atoms with van der Waals surface area (Å²) in [5.41, 5.74) is 0.723. The highest BCUT2D eigenvalue weighted by Crippen LogP contribution is 2.24. The van der Waals surface area contributed by atoms with Crippen LogP contribution >= 0.6 is 0 Å². The van der Waals surface area contributed by atoms with Gasteiger partial charge in [0, 0.05) is 51.8 Å². The molecule has 2 aromatic rings. The molecule has 3 saturated heterocycles. The van der Waals surface area contributed by atoms with E-state index in [1.54, 1.807) is 10.8 Å². The first-order valence-electron chi connectivity index (χ1n) is 10.8. The summed E-state index contributed by atoms with van der Waals surface area (Å²) in [6, 6.07) is 3.86. The van der Waals surface area contributed by atoms with E-state index in [9.17, 15) is 9.59 Å². The van der Waals surface area contributed by atoms with Gasteiger partial charge < -0.3 is 19.4 Å². The fourth-order valence-electron chi connectivity index (χ4n) is 4.62. The van der Waals surface area contributed by atoms with Crippen molar-refractivity contribution in [3.8, 4) is 0 Å². The molecule has 0 bridgehead atoms. The van der Waals surface area contributed by atoms with Crippen LogP contribution in [0.5, 0.6) is 0 Å². The van der Waals surface area contributed by atoms with Gasteiger partial charge in [0.25, 0.3) is 5.91 Å². The zero-order chi connectivity index (χ0) is 20.5. The minimum Gasteiger partial charge on any atom is -0.368 e. The Morgan fingerprint density at radius 1 is 0.933 bits per heavy atom. The lowest BCUT2D eigenvalue weighted by molar-refractivity contribution is -0.147. The third-order valence-electron chi connectivity index (χ3n) is 6.42. The molecular weight excluding hydrogens is 386 g/mol. The highest BCUT2D eigenvalue weighted by Gasteiger charge is 2.34. The van der Waals surface area contributed by atoms with Crippen molar-refractivity contribution in [1.82, 2.24) is 29.6 Å². The number of aromatic nitrogens is 4. The maximum Gasteiger partial charge on any atom is 0.251 e. The van der Waals surface area contributed by atoms with Gasteiger partial charge in [0.15, 0.2) is 5.65 Å². The first-order valence-corrected chi connectivity index (χ1v) is 10.8. The Labute approximate surface area is 174 Å². The number of carbonyl (C=O) groups is 2. The molecule has 0 N–H and O–H groups in total. The van der Waals surface area contributed by atoms with Crippen LogP contribution in [0.15, 0.2) is 18.5 Å². The number of anilines is 1. The van der Waals surface area contributed by atoms with E-state index in [0.29, 0.717) is 32.8 Å². The molecule has 2 aromatic heterocycles. The molecule has 160 valence electrons. The highest BCUT2D eigenvalue weighted by atomic mass is 16.5. The van der Waals surface area contributed by atoms with Crippen molar-refractivity contribution in [3.05, 3.63) is 18.5 Å². The van der Waals surface area contributed by atoms with Gasteiger partial charge in [-0.1, -0.05) is 0 Å². The van der Waals surface area contributed by atoms with Crippen LogP contribution in [0, 0.1) is 5.92 Å². The number of hydrogen-bond acceptors (Lipinski definition) is 7. The van der Waals surface area contributed by atoms with Gasteiger partial charge in [0.05, 0.1) is 0 Å². The molecule has 1 atom stereocenters. The van der Waals surface area contributed by atoms with Crippen LogP contribution in [0.4, 0.5) is 5.82 Å². The quantitative estimate of drug-likeness (QED) is 0.709. The van der Waals surface area contributed by atoms with Crippen LogP contribution in [0.25, 0.3) is 5.65 Å². The Balaban J connectivity index is 1.12. The summed E-state index contributed by atoms with van der Waals surface area (Å²) < 4.78 is 7.18. The first kappa shape index (κ1) is 19.2. The largest absolute Gasteiger partial charge is 0.368 e. The van der Waals surface area contributed by atoms with Crippen molar-refractivity contribution >= 4 is 23.3 Å². The maximum atomic E-state index is 13.0. The fraction of sp³-hybridized carbons (Fsp3) is 0.650. The van der Waals surface area contributed by atoms with E-state index in [4.69, 9.17) is 4.74 Å². The molecule has 0 aliphatic carbocycles. The number of fused-ring (bicyclic) bond motifs is 1. The number of carbonyl (C=O) groups excluding carboxylic acids is 2. The second kappa shape index (κ2) is 8.17. The average Bonchev–Trinajstić information content (AvgIpc) is 3.50. The number of rotatable bonds is 3. The maximum absolute atomic E-state index is 13.0. The lowest BCUT2D eigenvalue weighted by Crippen LogP contribution is -2.54. The van der Waals surface area contributed by atoms with Crippen molar-refractivity contribution in [1.29, 1.82) is 0 Å². The number of piperazine rings is 1. The van der Waals surface area contributed by atoms with Crippen molar-refractivity contribution in [2.45, 2.75) is 31.8 Å². The van der Waals surface area contributed by atoms with Crippen molar-refractivity contribution in [2.24, 2.45) is 5.92 Å². The van der Waals surface area contributed by atoms with Crippen LogP contribution in [-0.2, 0) is 14.3 Å². The molecular formula is C20H27N7O3. The van der Waals surface area contributed by atoms with Gasteiger partial charge in [-0.15, -0.1) is 15.3 Å². The zero-order valence-corrected chi connectivity index (χ0v) is 17.0. The summed E-state index contributed by atoms with van der Waals surface area (Å²) in [4.78, 5) is 31.5. The van der Waals surface area contributed by atoms with Crippen LogP contribution < -0.4 is 4.90 Å². The summed E-state index contributed by atoms with van der Waals surface area (Å²) in [6.07, 6.45) is 4.72. The molecule has 0 saturated carbocycles. The minimum absolute atomic E-state index is 0.0420. The Hall–Kier alpha value is -2.75. The molecule has 2 amide bonds. The SMILES string of the molecule is O=C(C1CCN(c2ccc3nncn3n2)CC1)N1CCN(C(=O)C2CCCO2)CC1. The second-order valence-electron chi connectivity index (χ2n) is 8.24. The number of piperidine rings is 1. The number of ether oxygens (including phenoxy) is 1. The monoisotopic (exact) mass is 413 g/mol. The van der Waals surface area contributed by atoms with Crippen molar-refractivity contribution in [2.75, 3.05) is 50.8 Å². The summed E-state index contributed by atoms with van der Waals surface area (Å²) in [5, 5.41) is 12.4. The minimum atomic E-state index is -0.275. The van der Waals surface area contributed by atoms with E-state index < -0.39 is 0 Å². The zero-order valence-electron chi connectivity index (χ0n) is 17.0. The molecule has 3 aliphatic heterocycles. The number of nitrogens with zero attached hydrogens (tertiary/aromatic N) is 7. The van der Waals surface area contributed by atoms with Gasteiger partial charge in [-0.25, -0.2) is 0 Å². The Morgan fingerprint density at radius 3 is 2.37 bits per heavy atom. The topological polar surface area (TPSA) is 96.2 Å². The van der Waals surface area contributed by atoms with Gasteiger partial charge in [-0.2, -0.15) is 4.52 Å². The molecule has 10 nitrogen and oxygen atoms in total. The van der Waals surface area contributed by atoms with E-state index in [1.165, 1.54) is 0 Å². The van der Waals surface area contributed by atoms with Gasteiger partial charge in [-0.05, 0) is 37.8 Å². The lowest BCUT2D eigenvalue weighted by Gasteiger charge is -2.39. The summed E-state index contributed by atoms with van der Waals surface area (Å²) >= 11 is 0. The van der Waals surface area contributed by atoms with Crippen LogP contribution in [-0.4, -0.2) is 93.4 Å². The molecule has 30 heavy (non-hydrogen) atoms. The van der Waals surface area contributed by atoms with Gasteiger partial charge in [0.1, 0.15) is 18.2 Å². The molecule has 3 aliphatic rings. The summed E-state index contributed by atoms with van der Waals surface area (Å²) in [6.45, 7) is 4.71. The predicted octanol–water partition coefficient (Wildman–Crippen LogP) is 0.191. The average molecular weight is 413 g/mol. The molecule has 3 fully saturated rings. The van der Waals surface area contributed by atoms with Crippen LogP contribution in [0.2, 0.25) is 0 Å². The molecule has 10 heteroatoms. The molecule has 0 spiro atoms. The summed E-state index contributed by atoms with van der Waals surface area (Å²) in [7, 11) is 0. The third-order valence-corrected chi connectivity index (χ3v) is 6.42. The van der Waals surface area contributed by atoms with Gasteiger partial charge in [0.2, 0.25) is 5.91 Å². The van der Waals surface area contributed by atoms with E-state index in [1.807, 2.05) is 21.9 Å². The lowest BCUT2D eigenvalue weighted by atomic mass is 9.95. The van der Waals surface area contributed by atoms with Gasteiger partial charge in [-0.3, -0.25) is 9.59 Å². The predicted molar refractivity (Wildman–Crippen MR) is 108 cm³/mol. The normalized spacial score (nSPS) is 23.3. The van der Waals surface area contributed by atoms with E-state index in [-0.39, 0.29) is 23.8 Å². The second-order valence-corrected chi connectivity index (χ2v) is 8.24. The molecule has 1 unspecified atom stereocenters. The molecule has 0 radical (unpaired) electrons. The van der Waals surface area contributed by atoms with E-state index in [0.717, 1.165) is 50.2 Å². The standard InChI is InChI=1S/C20H27N7O3/c28-19(25-9-11-26(12-10-25)20(29)16-2-1-13-30-16)15-5-7-24(8-6-15)18-4-3-17-22-21-14-27(17)23-18/h3-4,14-16H,1-2,5-13H2. The molecule has 5 heterocycles. The molecule has 0 aromatic carbocycles. The molecule has 5 rings (SSSR count). The third kappa shape index (κ3) is 3.71. The fourth-order valence-corrected chi connectivity index (χ4v) is 4.62. The number of amides is 2. The van der Waals surface area contributed by atoms with Crippen molar-refractivity contribution in [3.63, 3.8) is 0 Å². The smallest absolute Gasteiger partial charge is 0.251 e. The van der Waals surface area contributed by atoms with Gasteiger partial charge >= 0.3 is 0 Å². The Kier molecular flexibility index (Phi) is 5.24. The van der Waals surface area contributed by atoms with E-state index >= 15 is 0 Å². The Morgan fingerprint density at radius 2 is 1.67 bits per heavy atom. The van der Waals surface area contributed by atoms with Crippen molar-refractivity contribution < 1.29 is 14.3 Å². The highest BCUT2D eigenvalue weighted by molar-refractivity contribution is 5.82. The summed E-state index contributed by atoms with van der Waals surface area (Å²) in [5.74, 6) is 1.24. The van der Waals surface area contributed by atoms with Crippen LogP contribution in [0.1, 0.15) is 25.7 Å². The van der Waals surface area contributed by atoms with Crippen LogP contribution in [0.3, 0.4) is 0 Å². The van der Waals surface area contributed by atoms with E-state index in [2.05, 4.69) is 20.2 Å². The Bertz CT molecular complexity index is 910.